The highest BCUT2D eigenvalue weighted by Crippen LogP contribution is 2.43. The van der Waals surface area contributed by atoms with Gasteiger partial charge in [0.15, 0.2) is 6.10 Å². The maximum absolute atomic E-state index is 12.8. The smallest absolute Gasteiger partial charge is 0.462 e. The van der Waals surface area contributed by atoms with E-state index in [1.807, 2.05) is 0 Å². The van der Waals surface area contributed by atoms with Crippen LogP contribution in [0.4, 0.5) is 0 Å². The second kappa shape index (κ2) is 81.6. The largest absolute Gasteiger partial charge is 0.472 e. The molecule has 0 radical (unpaired) electrons. The van der Waals surface area contributed by atoms with Crippen LogP contribution >= 0.6 is 7.82 Å². The molecule has 0 aromatic heterocycles. The number of allylic oxidation sites excluding steroid dienone is 34. The van der Waals surface area contributed by atoms with Gasteiger partial charge in [-0.1, -0.05) is 355 Å². The standard InChI is InChI=1S/C89H144NO8P/c1-3-5-7-9-11-13-15-17-19-21-23-25-27-29-31-33-35-37-39-41-42-43-44-46-47-49-51-53-55-57-59-61-63-65-67-69-71-73-75-77-79-81-88(91)95-85-87(86-97-99(93,94)96-84-83-90)98-89(92)82-80-78-76-74-72-70-68-66-64-62-60-58-56-54-52-50-48-45-40-38-36-34-32-30-28-26-24-22-20-18-16-14-12-10-8-6-4-2/h5-8,11-14,17-20,23-26,29-32,35-38,41-42,45,48,52,54,58,60,64,66,87H,3-4,9-10,15-16,21-22,27-28,33-34,39-40,43-44,46-47,49-51,53,55-57,59,61-63,65,67-86,90H2,1-2H3,(H,93,94)/b7-5-,8-6-,13-11-,14-12-,19-17-,20-18-,25-23-,26-24-,31-29-,32-30-,37-35-,38-36-,42-41-,48-45-,54-52-,60-58-,66-64-. The van der Waals surface area contributed by atoms with Gasteiger partial charge in [-0.2, -0.15) is 0 Å². The number of rotatable bonds is 72. The number of carbonyl (C=O) groups excluding carboxylic acids is 2. The first-order valence-corrected chi connectivity index (χ1v) is 41.1. The van der Waals surface area contributed by atoms with E-state index < -0.39 is 26.5 Å². The molecule has 0 aromatic rings. The molecule has 9 nitrogen and oxygen atoms in total. The van der Waals surface area contributed by atoms with Crippen molar-refractivity contribution in [2.75, 3.05) is 26.4 Å². The van der Waals surface area contributed by atoms with E-state index in [4.69, 9.17) is 24.3 Å². The van der Waals surface area contributed by atoms with Crippen LogP contribution < -0.4 is 5.73 Å². The summed E-state index contributed by atoms with van der Waals surface area (Å²) in [5, 5.41) is 0. The molecule has 2 unspecified atom stereocenters. The molecule has 558 valence electrons. The molecule has 0 aromatic carbocycles. The second-order valence-electron chi connectivity index (χ2n) is 25.5. The van der Waals surface area contributed by atoms with Gasteiger partial charge in [-0.25, -0.2) is 4.57 Å². The highest BCUT2D eigenvalue weighted by Gasteiger charge is 2.26. The van der Waals surface area contributed by atoms with Crippen molar-refractivity contribution in [2.45, 2.75) is 315 Å². The molecular weight excluding hydrogens is 1240 g/mol. The fourth-order valence-electron chi connectivity index (χ4n) is 10.4. The van der Waals surface area contributed by atoms with Gasteiger partial charge in [0, 0.05) is 19.4 Å². The summed E-state index contributed by atoms with van der Waals surface area (Å²) in [7, 11) is -4.41. The molecule has 0 spiro atoms. The van der Waals surface area contributed by atoms with Crippen LogP contribution in [0.1, 0.15) is 309 Å². The summed E-state index contributed by atoms with van der Waals surface area (Å²) < 4.78 is 33.2. The molecule has 0 heterocycles. The lowest BCUT2D eigenvalue weighted by Gasteiger charge is -2.19. The minimum Gasteiger partial charge on any atom is -0.462 e. The zero-order valence-electron chi connectivity index (χ0n) is 62.9. The third-order valence-corrected chi connectivity index (χ3v) is 17.1. The lowest BCUT2D eigenvalue weighted by atomic mass is 10.0. The molecule has 0 aliphatic rings. The first kappa shape index (κ1) is 93.6. The van der Waals surface area contributed by atoms with Crippen molar-refractivity contribution in [1.29, 1.82) is 0 Å². The molecule has 99 heavy (non-hydrogen) atoms. The minimum absolute atomic E-state index is 0.0422. The SMILES string of the molecule is CC/C=C\C/C=C\C/C=C\C/C=C\C/C=C\C/C=C\C/C=C\C/C=C\C/C=C\C/C=C\CCCCCCCCC(=O)OC(COC(=O)CCCCCCCCCCCCCCCCCCCCC/C=C\C/C=C\C/C=C\C/C=C\C/C=C\C/C=C\C/C=C\CC)COP(=O)(O)OCCN. The predicted molar refractivity (Wildman–Crippen MR) is 431 cm³/mol. The first-order valence-electron chi connectivity index (χ1n) is 39.6. The van der Waals surface area contributed by atoms with Gasteiger partial charge in [0.25, 0.3) is 0 Å². The number of carbonyl (C=O) groups is 2. The third-order valence-electron chi connectivity index (χ3n) is 16.2. The van der Waals surface area contributed by atoms with E-state index in [0.29, 0.717) is 6.42 Å². The quantitative estimate of drug-likeness (QED) is 0.0264. The van der Waals surface area contributed by atoms with E-state index in [9.17, 15) is 19.0 Å². The molecule has 3 N–H and O–H groups in total. The summed E-state index contributed by atoms with van der Waals surface area (Å²) in [6, 6.07) is 0. The molecule has 10 heteroatoms. The van der Waals surface area contributed by atoms with E-state index in [1.54, 1.807) is 0 Å². The Hall–Kier alpha value is -5.41. The number of nitrogens with two attached hydrogens (primary N) is 1. The molecule has 0 amide bonds. The summed E-state index contributed by atoms with van der Waals surface area (Å²) in [6.07, 6.45) is 125. The van der Waals surface area contributed by atoms with Crippen LogP contribution in [0.3, 0.4) is 0 Å². The molecule has 0 aliphatic heterocycles. The summed E-state index contributed by atoms with van der Waals surface area (Å²) in [5.74, 6) is -0.849. The van der Waals surface area contributed by atoms with Crippen molar-refractivity contribution in [3.8, 4) is 0 Å². The molecule has 0 saturated heterocycles. The number of phosphoric ester groups is 1. The predicted octanol–water partition coefficient (Wildman–Crippen LogP) is 27.0. The second-order valence-corrected chi connectivity index (χ2v) is 26.9. The number of esters is 2. The Kier molecular flexibility index (Phi) is 77.1. The Balaban J connectivity index is 3.92. The van der Waals surface area contributed by atoms with Crippen LogP contribution in [-0.2, 0) is 32.7 Å². The van der Waals surface area contributed by atoms with Gasteiger partial charge >= 0.3 is 19.8 Å². The Labute approximate surface area is 608 Å². The molecule has 0 fully saturated rings. The average molecular weight is 1390 g/mol. The zero-order chi connectivity index (χ0) is 71.5. The molecular formula is C89H144NO8P. The molecule has 0 rings (SSSR count). The third kappa shape index (κ3) is 81.4. The average Bonchev–Trinajstić information content (AvgIpc) is 1.64. The lowest BCUT2D eigenvalue weighted by molar-refractivity contribution is -0.161. The lowest BCUT2D eigenvalue weighted by Crippen LogP contribution is -2.29. The Morgan fingerprint density at radius 3 is 0.778 bits per heavy atom. The molecule has 2 atom stereocenters. The van der Waals surface area contributed by atoms with Crippen molar-refractivity contribution >= 4 is 19.8 Å². The normalized spacial score (nSPS) is 14.0. The molecule has 0 saturated carbocycles. The van der Waals surface area contributed by atoms with E-state index in [2.05, 4.69) is 220 Å². The summed E-state index contributed by atoms with van der Waals surface area (Å²) in [6.45, 7) is 3.50. The van der Waals surface area contributed by atoms with Crippen molar-refractivity contribution in [2.24, 2.45) is 5.73 Å². The van der Waals surface area contributed by atoms with Crippen LogP contribution in [0, 0.1) is 0 Å². The number of unbranched alkanes of at least 4 members (excludes halogenated alkanes) is 25. The Morgan fingerprint density at radius 1 is 0.303 bits per heavy atom. The van der Waals surface area contributed by atoms with Crippen LogP contribution in [0.2, 0.25) is 0 Å². The van der Waals surface area contributed by atoms with Crippen molar-refractivity contribution < 1.29 is 37.6 Å². The fraction of sp³-hybridized carbons (Fsp3) is 0.596. The highest BCUT2D eigenvalue weighted by atomic mass is 31.2. The van der Waals surface area contributed by atoms with Crippen molar-refractivity contribution in [3.63, 3.8) is 0 Å². The Morgan fingerprint density at radius 2 is 0.525 bits per heavy atom. The number of hydrogen-bond donors (Lipinski definition) is 2. The van der Waals surface area contributed by atoms with E-state index in [-0.39, 0.29) is 38.6 Å². The van der Waals surface area contributed by atoms with E-state index in [1.165, 1.54) is 109 Å². The van der Waals surface area contributed by atoms with Gasteiger partial charge in [0.05, 0.1) is 13.2 Å². The number of ether oxygens (including phenoxy) is 2. The zero-order valence-corrected chi connectivity index (χ0v) is 63.8. The molecule has 0 bridgehead atoms. The van der Waals surface area contributed by atoms with Crippen LogP contribution in [0.25, 0.3) is 0 Å². The summed E-state index contributed by atoms with van der Waals surface area (Å²) >= 11 is 0. The number of phosphoric acid groups is 1. The van der Waals surface area contributed by atoms with Crippen LogP contribution in [-0.4, -0.2) is 49.3 Å². The van der Waals surface area contributed by atoms with Crippen LogP contribution in [0.15, 0.2) is 207 Å². The maximum atomic E-state index is 12.8. The van der Waals surface area contributed by atoms with Gasteiger partial charge in [-0.3, -0.25) is 18.6 Å². The topological polar surface area (TPSA) is 134 Å². The van der Waals surface area contributed by atoms with Gasteiger partial charge in [-0.05, 0) is 148 Å². The fourth-order valence-corrected chi connectivity index (χ4v) is 11.2. The first-order chi connectivity index (χ1) is 48.8. The summed E-state index contributed by atoms with van der Waals surface area (Å²) in [4.78, 5) is 35.5. The Bertz CT molecular complexity index is 2390. The van der Waals surface area contributed by atoms with Gasteiger partial charge in [0.2, 0.25) is 0 Å². The van der Waals surface area contributed by atoms with Gasteiger partial charge in [-0.15, -0.1) is 0 Å². The van der Waals surface area contributed by atoms with E-state index in [0.717, 1.165) is 167 Å². The van der Waals surface area contributed by atoms with Gasteiger partial charge in [0.1, 0.15) is 6.61 Å². The van der Waals surface area contributed by atoms with Crippen molar-refractivity contribution in [1.82, 2.24) is 0 Å². The monoisotopic (exact) mass is 1390 g/mol. The van der Waals surface area contributed by atoms with E-state index >= 15 is 0 Å². The summed E-state index contributed by atoms with van der Waals surface area (Å²) in [5.41, 5.74) is 5.41. The number of hydrogen-bond acceptors (Lipinski definition) is 8. The maximum Gasteiger partial charge on any atom is 0.472 e. The molecule has 0 aliphatic carbocycles. The van der Waals surface area contributed by atoms with Gasteiger partial charge < -0.3 is 20.1 Å². The minimum atomic E-state index is -4.41. The van der Waals surface area contributed by atoms with Crippen molar-refractivity contribution in [3.05, 3.63) is 207 Å². The highest BCUT2D eigenvalue weighted by molar-refractivity contribution is 7.47. The van der Waals surface area contributed by atoms with Crippen LogP contribution in [0.5, 0.6) is 0 Å².